The zero-order valence-electron chi connectivity index (χ0n) is 19.3. The number of aryl methyl sites for hydroxylation is 2. The van der Waals surface area contributed by atoms with E-state index in [1.807, 2.05) is 6.07 Å². The summed E-state index contributed by atoms with van der Waals surface area (Å²) in [5.41, 5.74) is 5.52. The first-order valence-electron chi connectivity index (χ1n) is 12.3. The lowest BCUT2D eigenvalue weighted by molar-refractivity contribution is 0.0400. The third kappa shape index (κ3) is 5.47. The van der Waals surface area contributed by atoms with Crippen molar-refractivity contribution in [2.75, 3.05) is 39.3 Å². The summed E-state index contributed by atoms with van der Waals surface area (Å²) in [5, 5.41) is 10.6. The third-order valence-electron chi connectivity index (χ3n) is 6.98. The van der Waals surface area contributed by atoms with Crippen molar-refractivity contribution >= 4 is 0 Å². The molecule has 1 aliphatic heterocycles. The molecule has 0 aromatic heterocycles. The number of ether oxygens (including phenoxy) is 1. The summed E-state index contributed by atoms with van der Waals surface area (Å²) >= 11 is 0. The molecule has 3 aromatic carbocycles. The molecular weight excluding hydrogens is 408 g/mol. The Morgan fingerprint density at radius 2 is 1.39 bits per heavy atom. The fraction of sp³-hybridized carbons (Fsp3) is 0.379. The highest BCUT2D eigenvalue weighted by atomic mass is 16.5. The third-order valence-corrected chi connectivity index (χ3v) is 6.98. The second-order valence-electron chi connectivity index (χ2n) is 9.31. The fourth-order valence-electron chi connectivity index (χ4n) is 5.27. The molecule has 0 bridgehead atoms. The second-order valence-corrected chi connectivity index (χ2v) is 9.31. The van der Waals surface area contributed by atoms with Gasteiger partial charge in [-0.25, -0.2) is 0 Å². The van der Waals surface area contributed by atoms with Gasteiger partial charge in [0, 0.05) is 32.7 Å². The summed E-state index contributed by atoms with van der Waals surface area (Å²) < 4.78 is 5.92. The molecule has 3 aromatic rings. The first-order chi connectivity index (χ1) is 16.3. The minimum Gasteiger partial charge on any atom is -0.491 e. The van der Waals surface area contributed by atoms with Gasteiger partial charge in [-0.3, -0.25) is 9.80 Å². The first-order valence-corrected chi connectivity index (χ1v) is 12.3. The lowest BCUT2D eigenvalue weighted by Gasteiger charge is -2.40. The number of aliphatic hydroxyl groups is 1. The Bertz CT molecular complexity index is 977. The van der Waals surface area contributed by atoms with E-state index in [9.17, 15) is 5.11 Å². The van der Waals surface area contributed by atoms with Crippen LogP contribution in [-0.4, -0.2) is 60.3 Å². The lowest BCUT2D eigenvalue weighted by atomic mass is 9.96. The van der Waals surface area contributed by atoms with Crippen LogP contribution in [0.2, 0.25) is 0 Å². The van der Waals surface area contributed by atoms with Crippen LogP contribution in [0.4, 0.5) is 0 Å². The van der Waals surface area contributed by atoms with Gasteiger partial charge in [-0.05, 0) is 53.6 Å². The van der Waals surface area contributed by atoms with E-state index in [1.54, 1.807) is 0 Å². The van der Waals surface area contributed by atoms with Crippen LogP contribution >= 0.6 is 0 Å². The summed E-state index contributed by atoms with van der Waals surface area (Å²) in [7, 11) is 0. The van der Waals surface area contributed by atoms with Gasteiger partial charge in [-0.15, -0.1) is 0 Å². The van der Waals surface area contributed by atoms with Crippen LogP contribution in [0, 0.1) is 0 Å². The Balaban J connectivity index is 1.14. The summed E-state index contributed by atoms with van der Waals surface area (Å²) in [6.07, 6.45) is 3.08. The first kappa shape index (κ1) is 22.1. The summed E-state index contributed by atoms with van der Waals surface area (Å²) in [6.45, 7) is 4.85. The lowest BCUT2D eigenvalue weighted by Crippen LogP contribution is -2.50. The van der Waals surface area contributed by atoms with Crippen molar-refractivity contribution in [3.8, 4) is 5.75 Å². The molecule has 2 aliphatic rings. The van der Waals surface area contributed by atoms with Gasteiger partial charge in [0.05, 0.1) is 6.04 Å². The van der Waals surface area contributed by atoms with E-state index in [0.717, 1.165) is 38.3 Å². The highest BCUT2D eigenvalue weighted by molar-refractivity contribution is 5.38. The van der Waals surface area contributed by atoms with Gasteiger partial charge >= 0.3 is 0 Å². The molecule has 0 radical (unpaired) electrons. The van der Waals surface area contributed by atoms with Crippen LogP contribution in [0.5, 0.6) is 5.75 Å². The van der Waals surface area contributed by atoms with Gasteiger partial charge in [0.15, 0.2) is 0 Å². The smallest absolute Gasteiger partial charge is 0.119 e. The van der Waals surface area contributed by atoms with Crippen molar-refractivity contribution in [2.45, 2.75) is 31.4 Å². The molecule has 33 heavy (non-hydrogen) atoms. The van der Waals surface area contributed by atoms with E-state index in [4.69, 9.17) is 4.74 Å². The number of nitrogens with zero attached hydrogens (tertiary/aromatic N) is 2. The highest BCUT2D eigenvalue weighted by Gasteiger charge is 2.27. The normalized spacial score (nSPS) is 17.8. The number of aliphatic hydroxyl groups excluding tert-OH is 1. The van der Waals surface area contributed by atoms with Crippen LogP contribution < -0.4 is 4.74 Å². The zero-order valence-corrected chi connectivity index (χ0v) is 19.3. The van der Waals surface area contributed by atoms with Gasteiger partial charge in [-0.2, -0.15) is 0 Å². The van der Waals surface area contributed by atoms with Gasteiger partial charge in [0.2, 0.25) is 0 Å². The van der Waals surface area contributed by atoms with Gasteiger partial charge in [-0.1, -0.05) is 66.7 Å². The molecule has 4 nitrogen and oxygen atoms in total. The highest BCUT2D eigenvalue weighted by Crippen LogP contribution is 2.29. The average molecular weight is 443 g/mol. The summed E-state index contributed by atoms with van der Waals surface area (Å²) in [5.74, 6) is 0.882. The number of rotatable bonds is 8. The van der Waals surface area contributed by atoms with Gasteiger partial charge in [0.1, 0.15) is 18.5 Å². The Hall–Kier alpha value is -2.66. The van der Waals surface area contributed by atoms with E-state index >= 15 is 0 Å². The number of fused-ring (bicyclic) bond motifs is 1. The van der Waals surface area contributed by atoms with Crippen molar-refractivity contribution in [3.63, 3.8) is 0 Å². The van der Waals surface area contributed by atoms with E-state index in [2.05, 4.69) is 82.6 Å². The molecule has 1 N–H and O–H groups in total. The molecule has 4 heteroatoms. The maximum absolute atomic E-state index is 10.6. The minimum atomic E-state index is -0.483. The predicted molar refractivity (Wildman–Crippen MR) is 133 cm³/mol. The van der Waals surface area contributed by atoms with Crippen LogP contribution in [0.25, 0.3) is 0 Å². The van der Waals surface area contributed by atoms with Crippen LogP contribution in [0.15, 0.2) is 78.9 Å². The van der Waals surface area contributed by atoms with Crippen molar-refractivity contribution in [1.29, 1.82) is 0 Å². The van der Waals surface area contributed by atoms with Crippen LogP contribution in [0.1, 0.15) is 34.7 Å². The second kappa shape index (κ2) is 10.5. The van der Waals surface area contributed by atoms with Crippen molar-refractivity contribution in [2.24, 2.45) is 0 Å². The van der Waals surface area contributed by atoms with Crippen molar-refractivity contribution < 1.29 is 9.84 Å². The van der Waals surface area contributed by atoms with E-state index < -0.39 is 6.10 Å². The average Bonchev–Trinajstić information content (AvgIpc) is 3.33. The SMILES string of the molecule is O[C@H](COc1ccc2c(c1)CCC2)CN1CCN(C(c2ccccc2)c2ccccc2)CC1. The summed E-state index contributed by atoms with van der Waals surface area (Å²) in [4.78, 5) is 4.93. The molecule has 1 atom stereocenters. The Morgan fingerprint density at radius 1 is 0.758 bits per heavy atom. The zero-order chi connectivity index (χ0) is 22.5. The van der Waals surface area contributed by atoms with Gasteiger partial charge in [0.25, 0.3) is 0 Å². The number of β-amino-alcohol motifs (C(OH)–C–C–N with tert-alkyl or cyclic N) is 1. The largest absolute Gasteiger partial charge is 0.491 e. The Labute approximate surface area is 197 Å². The molecule has 1 fully saturated rings. The van der Waals surface area contributed by atoms with Crippen molar-refractivity contribution in [1.82, 2.24) is 9.80 Å². The molecular formula is C29H34N2O2. The molecule has 5 rings (SSSR count). The van der Waals surface area contributed by atoms with E-state index in [-0.39, 0.29) is 6.04 Å². The number of piperazine rings is 1. The number of hydrogen-bond acceptors (Lipinski definition) is 4. The molecule has 1 heterocycles. The Kier molecular flexibility index (Phi) is 7.06. The van der Waals surface area contributed by atoms with E-state index in [0.29, 0.717) is 13.2 Å². The molecule has 0 amide bonds. The monoisotopic (exact) mass is 442 g/mol. The molecule has 172 valence electrons. The number of hydrogen-bond donors (Lipinski definition) is 1. The maximum atomic E-state index is 10.6. The van der Waals surface area contributed by atoms with Gasteiger partial charge < -0.3 is 9.84 Å². The van der Waals surface area contributed by atoms with Crippen LogP contribution in [-0.2, 0) is 12.8 Å². The topological polar surface area (TPSA) is 35.9 Å². The fourth-order valence-corrected chi connectivity index (χ4v) is 5.27. The molecule has 0 unspecified atom stereocenters. The molecule has 1 saturated heterocycles. The predicted octanol–water partition coefficient (Wildman–Crippen LogP) is 4.32. The minimum absolute atomic E-state index is 0.266. The molecule has 1 aliphatic carbocycles. The van der Waals surface area contributed by atoms with Crippen LogP contribution in [0.3, 0.4) is 0 Å². The number of benzene rings is 3. The quantitative estimate of drug-likeness (QED) is 0.564. The molecule has 0 saturated carbocycles. The maximum Gasteiger partial charge on any atom is 0.119 e. The molecule has 0 spiro atoms. The summed E-state index contributed by atoms with van der Waals surface area (Å²) in [6, 6.07) is 28.2. The van der Waals surface area contributed by atoms with Crippen molar-refractivity contribution in [3.05, 3.63) is 101 Å². The Morgan fingerprint density at radius 3 is 2.06 bits per heavy atom. The van der Waals surface area contributed by atoms with E-state index in [1.165, 1.54) is 35.1 Å². The standard InChI is InChI=1S/C29H34N2O2/c32-27(22-33-28-15-14-23-12-7-13-26(23)20-28)21-30-16-18-31(19-17-30)29(24-8-3-1-4-9-24)25-10-5-2-6-11-25/h1-6,8-11,14-15,20,27,29,32H,7,12-13,16-19,21-22H2/t27-/m0/s1.